The van der Waals surface area contributed by atoms with Crippen LogP contribution in [0.3, 0.4) is 0 Å². The molecule has 1 atom stereocenters. The van der Waals surface area contributed by atoms with Crippen molar-refractivity contribution < 1.29 is 14.3 Å². The fourth-order valence-electron chi connectivity index (χ4n) is 3.07. The highest BCUT2D eigenvalue weighted by Gasteiger charge is 2.32. The second-order valence-corrected chi connectivity index (χ2v) is 7.03. The number of nitrogens with one attached hydrogen (secondary N) is 1. The number of para-hydroxylation sites is 2. The van der Waals surface area contributed by atoms with E-state index in [1.54, 1.807) is 19.1 Å². The van der Waals surface area contributed by atoms with Gasteiger partial charge in [-0.25, -0.2) is 4.98 Å². The molecule has 1 aliphatic heterocycles. The van der Waals surface area contributed by atoms with Crippen molar-refractivity contribution >= 4 is 34.0 Å². The molecule has 0 radical (unpaired) electrons. The zero-order valence-corrected chi connectivity index (χ0v) is 14.1. The number of ether oxygens (including phenoxy) is 1. The monoisotopic (exact) mass is 343 g/mol. The number of thiazole rings is 1. The molecule has 1 aromatic carbocycles. The molecule has 0 saturated carbocycles. The Balaban J connectivity index is 1.51. The summed E-state index contributed by atoms with van der Waals surface area (Å²) in [4.78, 5) is 32.0. The minimum Gasteiger partial charge on any atom is -0.479 e. The predicted molar refractivity (Wildman–Crippen MR) is 91.7 cm³/mol. The third-order valence-corrected chi connectivity index (χ3v) is 5.29. The lowest BCUT2D eigenvalue weighted by Gasteiger charge is -2.32. The second kappa shape index (κ2) is 5.90. The fourth-order valence-corrected chi connectivity index (χ4v) is 4.13. The largest absolute Gasteiger partial charge is 0.479 e. The van der Waals surface area contributed by atoms with Gasteiger partial charge >= 0.3 is 0 Å². The molecule has 1 aliphatic carbocycles. The molecule has 124 valence electrons. The predicted octanol–water partition coefficient (Wildman–Crippen LogP) is 2.38. The van der Waals surface area contributed by atoms with Gasteiger partial charge in [0.25, 0.3) is 5.91 Å². The number of anilines is 2. The maximum Gasteiger partial charge on any atom is 0.268 e. The molecule has 2 aromatic rings. The van der Waals surface area contributed by atoms with Crippen molar-refractivity contribution in [3.8, 4) is 5.75 Å². The van der Waals surface area contributed by atoms with E-state index in [1.165, 1.54) is 21.1 Å². The van der Waals surface area contributed by atoms with Crippen LogP contribution in [0.1, 0.15) is 23.9 Å². The van der Waals surface area contributed by atoms with E-state index in [0.29, 0.717) is 16.6 Å². The van der Waals surface area contributed by atoms with Crippen molar-refractivity contribution in [1.29, 1.82) is 0 Å². The van der Waals surface area contributed by atoms with Gasteiger partial charge in [0.2, 0.25) is 5.91 Å². The first-order chi connectivity index (χ1) is 11.6. The standard InChI is InChI=1S/C17H17N3O3S/c1-10-16(22)20(12-6-2-3-7-13(12)23-10)9-15(21)19-17-18-11-5-4-8-14(11)24-17/h2-3,6-7,10H,4-5,8-9H2,1H3,(H,18,19,21)/t10-/m0/s1. The number of hydrogen-bond donors (Lipinski definition) is 1. The molecule has 2 amide bonds. The number of carbonyl (C=O) groups is 2. The summed E-state index contributed by atoms with van der Waals surface area (Å²) < 4.78 is 5.58. The maximum atomic E-state index is 12.4. The molecule has 0 unspecified atom stereocenters. The molecule has 0 bridgehead atoms. The molecule has 2 aliphatic rings. The van der Waals surface area contributed by atoms with Crippen LogP contribution in [0.25, 0.3) is 0 Å². The lowest BCUT2D eigenvalue weighted by Crippen LogP contribution is -2.47. The van der Waals surface area contributed by atoms with Crippen molar-refractivity contribution in [2.45, 2.75) is 32.3 Å². The molecular weight excluding hydrogens is 326 g/mol. The van der Waals surface area contributed by atoms with Gasteiger partial charge in [0.1, 0.15) is 12.3 Å². The summed E-state index contributed by atoms with van der Waals surface area (Å²) in [6.45, 7) is 1.64. The average Bonchev–Trinajstić information content (AvgIpc) is 3.13. The van der Waals surface area contributed by atoms with Gasteiger partial charge in [0, 0.05) is 4.88 Å². The highest BCUT2D eigenvalue weighted by Crippen LogP contribution is 2.34. The van der Waals surface area contributed by atoms with E-state index >= 15 is 0 Å². The van der Waals surface area contributed by atoms with Crippen LogP contribution in [-0.4, -0.2) is 29.4 Å². The Bertz CT molecular complexity index is 796. The van der Waals surface area contributed by atoms with Crippen LogP contribution in [0.5, 0.6) is 5.75 Å². The first-order valence-electron chi connectivity index (χ1n) is 7.97. The first-order valence-corrected chi connectivity index (χ1v) is 8.79. The molecule has 24 heavy (non-hydrogen) atoms. The van der Waals surface area contributed by atoms with E-state index in [0.717, 1.165) is 25.0 Å². The van der Waals surface area contributed by atoms with Crippen LogP contribution in [-0.2, 0) is 22.4 Å². The Morgan fingerprint density at radius 1 is 1.42 bits per heavy atom. The molecular formula is C17H17N3O3S. The smallest absolute Gasteiger partial charge is 0.268 e. The van der Waals surface area contributed by atoms with Crippen LogP contribution in [0.4, 0.5) is 10.8 Å². The molecule has 0 spiro atoms. The Morgan fingerprint density at radius 3 is 3.08 bits per heavy atom. The number of aromatic nitrogens is 1. The van der Waals surface area contributed by atoms with Crippen molar-refractivity contribution in [1.82, 2.24) is 4.98 Å². The number of carbonyl (C=O) groups excluding carboxylic acids is 2. The quantitative estimate of drug-likeness (QED) is 0.929. The first kappa shape index (κ1) is 15.1. The summed E-state index contributed by atoms with van der Waals surface area (Å²) in [6, 6.07) is 7.25. The van der Waals surface area contributed by atoms with Crippen LogP contribution >= 0.6 is 11.3 Å². The van der Waals surface area contributed by atoms with Crippen LogP contribution in [0.2, 0.25) is 0 Å². The lowest BCUT2D eigenvalue weighted by atomic mass is 10.2. The normalized spacial score (nSPS) is 18.8. The van der Waals surface area contributed by atoms with Gasteiger partial charge < -0.3 is 10.1 Å². The maximum absolute atomic E-state index is 12.4. The summed E-state index contributed by atoms with van der Waals surface area (Å²) in [5.74, 6) is 0.149. The summed E-state index contributed by atoms with van der Waals surface area (Å²) in [6.07, 6.45) is 2.56. The second-order valence-electron chi connectivity index (χ2n) is 5.94. The van der Waals surface area contributed by atoms with Gasteiger partial charge in [-0.3, -0.25) is 14.5 Å². The number of amides is 2. The Morgan fingerprint density at radius 2 is 2.25 bits per heavy atom. The number of fused-ring (bicyclic) bond motifs is 2. The minimum atomic E-state index is -0.601. The lowest BCUT2D eigenvalue weighted by molar-refractivity contribution is -0.127. The highest BCUT2D eigenvalue weighted by molar-refractivity contribution is 7.15. The minimum absolute atomic E-state index is 0.0478. The topological polar surface area (TPSA) is 71.5 Å². The van der Waals surface area contributed by atoms with E-state index in [4.69, 9.17) is 4.74 Å². The van der Waals surface area contributed by atoms with Crippen molar-refractivity contribution in [2.75, 3.05) is 16.8 Å². The van der Waals surface area contributed by atoms with Crippen LogP contribution in [0.15, 0.2) is 24.3 Å². The van der Waals surface area contributed by atoms with Gasteiger partial charge in [-0.2, -0.15) is 0 Å². The molecule has 1 N–H and O–H groups in total. The van der Waals surface area contributed by atoms with Gasteiger partial charge in [0.15, 0.2) is 11.2 Å². The molecule has 2 heterocycles. The number of nitrogens with zero attached hydrogens (tertiary/aromatic N) is 2. The van der Waals surface area contributed by atoms with Gasteiger partial charge in [0.05, 0.1) is 11.4 Å². The van der Waals surface area contributed by atoms with E-state index in [2.05, 4.69) is 10.3 Å². The third-order valence-electron chi connectivity index (χ3n) is 4.22. The number of benzene rings is 1. The number of hydrogen-bond acceptors (Lipinski definition) is 5. The van der Waals surface area contributed by atoms with Crippen LogP contribution in [0, 0.1) is 0 Å². The van der Waals surface area contributed by atoms with Gasteiger partial charge in [-0.15, -0.1) is 11.3 Å². The van der Waals surface area contributed by atoms with E-state index < -0.39 is 6.10 Å². The summed E-state index contributed by atoms with van der Waals surface area (Å²) in [5.41, 5.74) is 1.72. The molecule has 1 aromatic heterocycles. The highest BCUT2D eigenvalue weighted by atomic mass is 32.1. The Labute approximate surface area is 143 Å². The Hall–Kier alpha value is -2.41. The third kappa shape index (κ3) is 2.65. The number of aryl methyl sites for hydroxylation is 2. The fraction of sp³-hybridized carbons (Fsp3) is 0.353. The van der Waals surface area contributed by atoms with Crippen molar-refractivity contribution in [3.63, 3.8) is 0 Å². The van der Waals surface area contributed by atoms with Gasteiger partial charge in [-0.05, 0) is 38.3 Å². The zero-order valence-electron chi connectivity index (χ0n) is 13.2. The van der Waals surface area contributed by atoms with Crippen molar-refractivity contribution in [2.24, 2.45) is 0 Å². The SMILES string of the molecule is C[C@@H]1Oc2ccccc2N(CC(=O)Nc2nc3c(s2)CCC3)C1=O. The van der Waals surface area contributed by atoms with Crippen LogP contribution < -0.4 is 15.0 Å². The Kier molecular flexibility index (Phi) is 3.72. The van der Waals surface area contributed by atoms with E-state index in [9.17, 15) is 9.59 Å². The van der Waals surface area contributed by atoms with E-state index in [1.807, 2.05) is 12.1 Å². The molecule has 0 fully saturated rings. The van der Waals surface area contributed by atoms with E-state index in [-0.39, 0.29) is 18.4 Å². The summed E-state index contributed by atoms with van der Waals surface area (Å²) in [5, 5.41) is 3.44. The number of rotatable bonds is 3. The van der Waals surface area contributed by atoms with Gasteiger partial charge in [-0.1, -0.05) is 12.1 Å². The molecule has 4 rings (SSSR count). The molecule has 0 saturated heterocycles. The average molecular weight is 343 g/mol. The summed E-state index contributed by atoms with van der Waals surface area (Å²) in [7, 11) is 0. The summed E-state index contributed by atoms with van der Waals surface area (Å²) >= 11 is 1.53. The zero-order chi connectivity index (χ0) is 16.7. The molecule has 7 heteroatoms. The van der Waals surface area contributed by atoms with Crippen molar-refractivity contribution in [3.05, 3.63) is 34.8 Å². The molecule has 6 nitrogen and oxygen atoms in total.